The molecule has 4 heteroatoms. The molecule has 1 rings (SSSR count). The smallest absolute Gasteiger partial charge is 0.133 e. The van der Waals surface area contributed by atoms with Crippen molar-refractivity contribution in [3.05, 3.63) is 29.3 Å². The molecular formula is C11H14F2O2. The highest BCUT2D eigenvalue weighted by Crippen LogP contribution is 2.24. The van der Waals surface area contributed by atoms with Gasteiger partial charge in [0.15, 0.2) is 0 Å². The predicted molar refractivity (Wildman–Crippen MR) is 52.9 cm³/mol. The lowest BCUT2D eigenvalue weighted by Crippen LogP contribution is -2.04. The van der Waals surface area contributed by atoms with E-state index in [0.717, 1.165) is 12.1 Å². The summed E-state index contributed by atoms with van der Waals surface area (Å²) in [5, 5.41) is 9.09. The molecule has 0 bridgehead atoms. The minimum Gasteiger partial charge on any atom is -0.496 e. The molecule has 0 aliphatic rings. The van der Waals surface area contributed by atoms with Crippen LogP contribution in [0.1, 0.15) is 18.9 Å². The van der Waals surface area contributed by atoms with Gasteiger partial charge in [0.2, 0.25) is 0 Å². The zero-order chi connectivity index (χ0) is 11.4. The standard InChI is InChI=1S/C11H14F2O2/c1-7(14)3-4-9-10(13)5-8(12)6-11(9)15-2/h5-7,14H,3-4H2,1-2H3. The van der Waals surface area contributed by atoms with Gasteiger partial charge in [-0.1, -0.05) is 0 Å². The van der Waals surface area contributed by atoms with E-state index in [1.54, 1.807) is 6.92 Å². The van der Waals surface area contributed by atoms with E-state index in [9.17, 15) is 8.78 Å². The fourth-order valence-electron chi connectivity index (χ4n) is 1.36. The molecule has 1 aromatic carbocycles. The molecule has 1 aromatic rings. The number of benzene rings is 1. The molecule has 2 nitrogen and oxygen atoms in total. The van der Waals surface area contributed by atoms with Crippen molar-refractivity contribution in [3.63, 3.8) is 0 Å². The van der Waals surface area contributed by atoms with E-state index in [1.165, 1.54) is 7.11 Å². The van der Waals surface area contributed by atoms with E-state index in [2.05, 4.69) is 0 Å². The highest BCUT2D eigenvalue weighted by Gasteiger charge is 2.12. The Morgan fingerprint density at radius 3 is 2.60 bits per heavy atom. The molecule has 84 valence electrons. The van der Waals surface area contributed by atoms with Gasteiger partial charge < -0.3 is 9.84 Å². The fourth-order valence-corrected chi connectivity index (χ4v) is 1.36. The molecular weight excluding hydrogens is 202 g/mol. The maximum atomic E-state index is 13.3. The third kappa shape index (κ3) is 3.16. The van der Waals surface area contributed by atoms with Crippen LogP contribution in [-0.2, 0) is 6.42 Å². The van der Waals surface area contributed by atoms with Crippen molar-refractivity contribution in [2.75, 3.05) is 7.11 Å². The molecule has 0 aliphatic carbocycles. The number of halogens is 2. The van der Waals surface area contributed by atoms with Crippen molar-refractivity contribution >= 4 is 0 Å². The molecule has 15 heavy (non-hydrogen) atoms. The topological polar surface area (TPSA) is 29.5 Å². The second-order valence-electron chi connectivity index (χ2n) is 3.46. The highest BCUT2D eigenvalue weighted by molar-refractivity contribution is 5.35. The highest BCUT2D eigenvalue weighted by atomic mass is 19.1. The van der Waals surface area contributed by atoms with Crippen molar-refractivity contribution in [2.45, 2.75) is 25.9 Å². The number of hydrogen-bond acceptors (Lipinski definition) is 2. The van der Waals surface area contributed by atoms with Crippen LogP contribution in [0.5, 0.6) is 5.75 Å². The van der Waals surface area contributed by atoms with Gasteiger partial charge in [0.1, 0.15) is 17.4 Å². The Labute approximate surface area is 87.5 Å². The lowest BCUT2D eigenvalue weighted by atomic mass is 10.1. The lowest BCUT2D eigenvalue weighted by molar-refractivity contribution is 0.184. The van der Waals surface area contributed by atoms with Gasteiger partial charge >= 0.3 is 0 Å². The monoisotopic (exact) mass is 216 g/mol. The zero-order valence-electron chi connectivity index (χ0n) is 8.76. The van der Waals surface area contributed by atoms with Crippen LogP contribution in [0.25, 0.3) is 0 Å². The summed E-state index contributed by atoms with van der Waals surface area (Å²) >= 11 is 0. The van der Waals surface area contributed by atoms with Gasteiger partial charge in [-0.3, -0.25) is 0 Å². The molecule has 1 unspecified atom stereocenters. The van der Waals surface area contributed by atoms with Crippen molar-refractivity contribution in [3.8, 4) is 5.75 Å². The van der Waals surface area contributed by atoms with Gasteiger partial charge in [-0.2, -0.15) is 0 Å². The molecule has 0 radical (unpaired) electrons. The SMILES string of the molecule is COc1cc(F)cc(F)c1CCC(C)O. The normalized spacial score (nSPS) is 12.6. The van der Waals surface area contributed by atoms with E-state index in [0.29, 0.717) is 18.4 Å². The first-order valence-corrected chi connectivity index (χ1v) is 4.74. The van der Waals surface area contributed by atoms with Gasteiger partial charge in [0, 0.05) is 17.7 Å². The van der Waals surface area contributed by atoms with Gasteiger partial charge in [-0.25, -0.2) is 8.78 Å². The Morgan fingerprint density at radius 1 is 1.40 bits per heavy atom. The summed E-state index contributed by atoms with van der Waals surface area (Å²) in [6.07, 6.45) is 0.227. The number of methoxy groups -OCH3 is 1. The number of aliphatic hydroxyl groups excluding tert-OH is 1. The van der Waals surface area contributed by atoms with Gasteiger partial charge in [0.25, 0.3) is 0 Å². The summed E-state index contributed by atoms with van der Waals surface area (Å²) in [6.45, 7) is 1.62. The molecule has 0 saturated carbocycles. The van der Waals surface area contributed by atoms with Gasteiger partial charge in [-0.15, -0.1) is 0 Å². The van der Waals surface area contributed by atoms with Crippen LogP contribution >= 0.6 is 0 Å². The average Bonchev–Trinajstić information content (AvgIpc) is 2.14. The van der Waals surface area contributed by atoms with E-state index in [1.807, 2.05) is 0 Å². The quantitative estimate of drug-likeness (QED) is 0.836. The van der Waals surface area contributed by atoms with Crippen molar-refractivity contribution < 1.29 is 18.6 Å². The second kappa shape index (κ2) is 5.07. The van der Waals surface area contributed by atoms with Crippen LogP contribution < -0.4 is 4.74 Å². The average molecular weight is 216 g/mol. The Bertz CT molecular complexity index is 338. The van der Waals surface area contributed by atoms with E-state index in [4.69, 9.17) is 9.84 Å². The molecule has 0 spiro atoms. The van der Waals surface area contributed by atoms with Crippen LogP contribution in [0, 0.1) is 11.6 Å². The minimum atomic E-state index is -0.662. The Morgan fingerprint density at radius 2 is 2.07 bits per heavy atom. The number of hydrogen-bond donors (Lipinski definition) is 1. The van der Waals surface area contributed by atoms with Crippen LogP contribution in [-0.4, -0.2) is 18.3 Å². The largest absolute Gasteiger partial charge is 0.496 e. The fraction of sp³-hybridized carbons (Fsp3) is 0.455. The van der Waals surface area contributed by atoms with Crippen LogP contribution in [0.2, 0.25) is 0 Å². The predicted octanol–water partition coefficient (Wildman–Crippen LogP) is 2.29. The van der Waals surface area contributed by atoms with E-state index in [-0.39, 0.29) is 5.75 Å². The minimum absolute atomic E-state index is 0.188. The summed E-state index contributed by atoms with van der Waals surface area (Å²) in [6, 6.07) is 1.96. The summed E-state index contributed by atoms with van der Waals surface area (Å²) in [5.74, 6) is -1.11. The molecule has 0 heterocycles. The summed E-state index contributed by atoms with van der Waals surface area (Å²) < 4.78 is 31.0. The molecule has 0 aliphatic heterocycles. The van der Waals surface area contributed by atoms with Gasteiger partial charge in [0.05, 0.1) is 13.2 Å². The molecule has 0 fully saturated rings. The van der Waals surface area contributed by atoms with Crippen molar-refractivity contribution in [1.82, 2.24) is 0 Å². The summed E-state index contributed by atoms with van der Waals surface area (Å²) in [7, 11) is 1.36. The number of aliphatic hydroxyl groups is 1. The van der Waals surface area contributed by atoms with E-state index >= 15 is 0 Å². The van der Waals surface area contributed by atoms with Crippen molar-refractivity contribution in [1.29, 1.82) is 0 Å². The van der Waals surface area contributed by atoms with Gasteiger partial charge in [-0.05, 0) is 19.8 Å². The third-order valence-corrected chi connectivity index (χ3v) is 2.15. The number of ether oxygens (including phenoxy) is 1. The Kier molecular flexibility index (Phi) is 4.03. The summed E-state index contributed by atoms with van der Waals surface area (Å²) in [4.78, 5) is 0. The molecule has 0 aromatic heterocycles. The van der Waals surface area contributed by atoms with E-state index < -0.39 is 17.7 Å². The second-order valence-corrected chi connectivity index (χ2v) is 3.46. The third-order valence-electron chi connectivity index (χ3n) is 2.15. The van der Waals surface area contributed by atoms with Crippen molar-refractivity contribution in [2.24, 2.45) is 0 Å². The zero-order valence-corrected chi connectivity index (χ0v) is 8.76. The summed E-state index contributed by atoms with van der Waals surface area (Å²) in [5.41, 5.74) is 0.305. The van der Waals surface area contributed by atoms with Crippen LogP contribution in [0.3, 0.4) is 0 Å². The molecule has 1 N–H and O–H groups in total. The lowest BCUT2D eigenvalue weighted by Gasteiger charge is -2.10. The maximum Gasteiger partial charge on any atom is 0.133 e. The first-order valence-electron chi connectivity index (χ1n) is 4.74. The van der Waals surface area contributed by atoms with Crippen LogP contribution in [0.15, 0.2) is 12.1 Å². The Hall–Kier alpha value is -1.16. The molecule has 0 saturated heterocycles. The maximum absolute atomic E-state index is 13.3. The first kappa shape index (κ1) is 11.9. The first-order chi connectivity index (χ1) is 7.04. The molecule has 0 amide bonds. The number of rotatable bonds is 4. The Balaban J connectivity index is 2.93. The molecule has 1 atom stereocenters. The van der Waals surface area contributed by atoms with Crippen LogP contribution in [0.4, 0.5) is 8.78 Å².